The Kier molecular flexibility index (Phi) is 5.01. The average molecular weight is 253 g/mol. The maximum absolute atomic E-state index is 12.0. The quantitative estimate of drug-likeness (QED) is 0.446. The number of hydrogen-bond donors (Lipinski definition) is 2. The van der Waals surface area contributed by atoms with Crippen LogP contribution in [0.4, 0.5) is 0 Å². The molecule has 0 bridgehead atoms. The third kappa shape index (κ3) is 2.86. The van der Waals surface area contributed by atoms with Crippen molar-refractivity contribution in [1.29, 1.82) is 0 Å². The molecule has 2 rings (SSSR count). The zero-order valence-corrected chi connectivity index (χ0v) is 11.5. The standard InChI is InChI=1S/C14H27N3O/c1-2-6-13(14(18)16-15)17-10-5-9-12(17)11-7-3-4-8-11/h11-13H,2-10,15H2,1H3,(H,16,18). The topological polar surface area (TPSA) is 58.4 Å². The van der Waals surface area contributed by atoms with E-state index >= 15 is 0 Å². The number of nitrogens with one attached hydrogen (secondary N) is 1. The zero-order valence-electron chi connectivity index (χ0n) is 11.5. The minimum atomic E-state index is -0.00639. The third-order valence-electron chi connectivity index (χ3n) is 4.69. The van der Waals surface area contributed by atoms with E-state index in [0.29, 0.717) is 6.04 Å². The van der Waals surface area contributed by atoms with Crippen LogP contribution in [-0.4, -0.2) is 29.4 Å². The molecule has 18 heavy (non-hydrogen) atoms. The number of amides is 1. The number of rotatable bonds is 5. The molecule has 1 amide bonds. The summed E-state index contributed by atoms with van der Waals surface area (Å²) in [4.78, 5) is 14.4. The van der Waals surface area contributed by atoms with Gasteiger partial charge < -0.3 is 0 Å². The van der Waals surface area contributed by atoms with Gasteiger partial charge in [0.25, 0.3) is 5.91 Å². The molecule has 104 valence electrons. The van der Waals surface area contributed by atoms with Crippen molar-refractivity contribution < 1.29 is 4.79 Å². The van der Waals surface area contributed by atoms with Gasteiger partial charge in [0, 0.05) is 6.04 Å². The summed E-state index contributed by atoms with van der Waals surface area (Å²) in [6, 6.07) is 0.620. The van der Waals surface area contributed by atoms with Gasteiger partial charge in [0.05, 0.1) is 6.04 Å². The van der Waals surface area contributed by atoms with Crippen molar-refractivity contribution in [1.82, 2.24) is 10.3 Å². The first-order chi connectivity index (χ1) is 8.77. The van der Waals surface area contributed by atoms with Crippen molar-refractivity contribution in [3.8, 4) is 0 Å². The Morgan fingerprint density at radius 2 is 2.06 bits per heavy atom. The molecule has 0 aromatic rings. The van der Waals surface area contributed by atoms with Crippen molar-refractivity contribution in [2.45, 2.75) is 70.4 Å². The van der Waals surface area contributed by atoms with Gasteiger partial charge in [-0.05, 0) is 44.6 Å². The van der Waals surface area contributed by atoms with Crippen molar-refractivity contribution in [2.24, 2.45) is 11.8 Å². The molecule has 1 aliphatic heterocycles. The maximum Gasteiger partial charge on any atom is 0.251 e. The Hall–Kier alpha value is -0.610. The molecule has 4 heteroatoms. The Balaban J connectivity index is 2.04. The maximum atomic E-state index is 12.0. The predicted molar refractivity (Wildman–Crippen MR) is 72.7 cm³/mol. The lowest BCUT2D eigenvalue weighted by molar-refractivity contribution is -0.127. The first-order valence-corrected chi connectivity index (χ1v) is 7.54. The van der Waals surface area contributed by atoms with Crippen LogP contribution < -0.4 is 11.3 Å². The summed E-state index contributed by atoms with van der Waals surface area (Å²) in [5.41, 5.74) is 2.36. The molecule has 1 saturated heterocycles. The molecule has 2 aliphatic rings. The van der Waals surface area contributed by atoms with Gasteiger partial charge in [-0.2, -0.15) is 0 Å². The number of carbonyl (C=O) groups is 1. The van der Waals surface area contributed by atoms with E-state index in [9.17, 15) is 4.79 Å². The zero-order chi connectivity index (χ0) is 13.0. The van der Waals surface area contributed by atoms with Crippen molar-refractivity contribution in [3.63, 3.8) is 0 Å². The minimum Gasteiger partial charge on any atom is -0.293 e. The molecule has 1 aliphatic carbocycles. The molecule has 1 heterocycles. The molecule has 0 spiro atoms. The van der Waals surface area contributed by atoms with Gasteiger partial charge in [0.15, 0.2) is 0 Å². The summed E-state index contributed by atoms with van der Waals surface area (Å²) in [5.74, 6) is 6.16. The number of hydrogen-bond acceptors (Lipinski definition) is 3. The van der Waals surface area contributed by atoms with E-state index in [4.69, 9.17) is 5.84 Å². The predicted octanol–water partition coefficient (Wildman–Crippen LogP) is 1.80. The summed E-state index contributed by atoms with van der Waals surface area (Å²) in [7, 11) is 0. The molecule has 3 N–H and O–H groups in total. The summed E-state index contributed by atoms with van der Waals surface area (Å²) >= 11 is 0. The summed E-state index contributed by atoms with van der Waals surface area (Å²) in [6.45, 7) is 3.21. The van der Waals surface area contributed by atoms with E-state index < -0.39 is 0 Å². The molecule has 0 radical (unpaired) electrons. The monoisotopic (exact) mass is 253 g/mol. The summed E-state index contributed by atoms with van der Waals surface area (Å²) < 4.78 is 0. The summed E-state index contributed by atoms with van der Waals surface area (Å²) in [5, 5.41) is 0. The lowest BCUT2D eigenvalue weighted by Gasteiger charge is -2.35. The number of nitrogens with zero attached hydrogens (tertiary/aromatic N) is 1. The molecule has 0 aromatic heterocycles. The normalized spacial score (nSPS) is 27.6. The highest BCUT2D eigenvalue weighted by molar-refractivity contribution is 5.81. The first kappa shape index (κ1) is 13.8. The Bertz CT molecular complexity index is 276. The highest BCUT2D eigenvalue weighted by Crippen LogP contribution is 2.36. The van der Waals surface area contributed by atoms with Crippen LogP contribution in [0.3, 0.4) is 0 Å². The van der Waals surface area contributed by atoms with E-state index in [0.717, 1.165) is 25.3 Å². The molecule has 4 nitrogen and oxygen atoms in total. The van der Waals surface area contributed by atoms with Crippen LogP contribution >= 0.6 is 0 Å². The van der Waals surface area contributed by atoms with Gasteiger partial charge in [-0.3, -0.25) is 15.1 Å². The van der Waals surface area contributed by atoms with Gasteiger partial charge in [-0.15, -0.1) is 0 Å². The van der Waals surface area contributed by atoms with Crippen molar-refractivity contribution in [3.05, 3.63) is 0 Å². The van der Waals surface area contributed by atoms with Crippen molar-refractivity contribution in [2.75, 3.05) is 6.54 Å². The van der Waals surface area contributed by atoms with Crippen LogP contribution in [0.1, 0.15) is 58.3 Å². The van der Waals surface area contributed by atoms with Gasteiger partial charge in [-0.25, -0.2) is 5.84 Å². The van der Waals surface area contributed by atoms with E-state index in [2.05, 4.69) is 17.2 Å². The molecule has 2 unspecified atom stereocenters. The minimum absolute atomic E-state index is 0.00162. The van der Waals surface area contributed by atoms with Crippen LogP contribution in [0.5, 0.6) is 0 Å². The van der Waals surface area contributed by atoms with Crippen LogP contribution in [0.25, 0.3) is 0 Å². The average Bonchev–Trinajstić information content (AvgIpc) is 3.04. The lowest BCUT2D eigenvalue weighted by Crippen LogP contribution is -2.52. The second-order valence-corrected chi connectivity index (χ2v) is 5.81. The fourth-order valence-electron chi connectivity index (χ4n) is 3.87. The second kappa shape index (κ2) is 6.53. The molecular weight excluding hydrogens is 226 g/mol. The smallest absolute Gasteiger partial charge is 0.251 e. The van der Waals surface area contributed by atoms with Gasteiger partial charge >= 0.3 is 0 Å². The highest BCUT2D eigenvalue weighted by atomic mass is 16.2. The fourth-order valence-corrected chi connectivity index (χ4v) is 3.87. The van der Waals surface area contributed by atoms with Crippen LogP contribution in [0, 0.1) is 5.92 Å². The Labute approximate surface area is 110 Å². The lowest BCUT2D eigenvalue weighted by atomic mass is 9.94. The number of hydrazine groups is 1. The molecule has 0 aromatic carbocycles. The molecule has 1 saturated carbocycles. The van der Waals surface area contributed by atoms with Crippen LogP contribution in [-0.2, 0) is 4.79 Å². The van der Waals surface area contributed by atoms with E-state index in [1.54, 1.807) is 0 Å². The Morgan fingerprint density at radius 3 is 2.67 bits per heavy atom. The van der Waals surface area contributed by atoms with Crippen molar-refractivity contribution >= 4 is 5.91 Å². The highest BCUT2D eigenvalue weighted by Gasteiger charge is 2.38. The molecule has 2 fully saturated rings. The van der Waals surface area contributed by atoms with E-state index in [1.165, 1.54) is 38.5 Å². The van der Waals surface area contributed by atoms with Gasteiger partial charge in [0.2, 0.25) is 0 Å². The number of carbonyl (C=O) groups excluding carboxylic acids is 1. The number of nitrogens with two attached hydrogens (primary N) is 1. The second-order valence-electron chi connectivity index (χ2n) is 5.81. The summed E-state index contributed by atoms with van der Waals surface area (Å²) in [6.07, 6.45) is 9.90. The fraction of sp³-hybridized carbons (Fsp3) is 0.929. The van der Waals surface area contributed by atoms with E-state index in [1.807, 2.05) is 0 Å². The van der Waals surface area contributed by atoms with Gasteiger partial charge in [0.1, 0.15) is 0 Å². The first-order valence-electron chi connectivity index (χ1n) is 7.54. The number of likely N-dealkylation sites (tertiary alicyclic amines) is 1. The molecule has 2 atom stereocenters. The third-order valence-corrected chi connectivity index (χ3v) is 4.69. The van der Waals surface area contributed by atoms with Crippen LogP contribution in [0.2, 0.25) is 0 Å². The largest absolute Gasteiger partial charge is 0.293 e. The Morgan fingerprint density at radius 1 is 1.33 bits per heavy atom. The van der Waals surface area contributed by atoms with E-state index in [-0.39, 0.29) is 11.9 Å². The SMILES string of the molecule is CCCC(C(=O)NN)N1CCCC1C1CCCC1. The molecular formula is C14H27N3O. The van der Waals surface area contributed by atoms with Crippen LogP contribution in [0.15, 0.2) is 0 Å². The van der Waals surface area contributed by atoms with Gasteiger partial charge in [-0.1, -0.05) is 26.2 Å².